The van der Waals surface area contributed by atoms with Gasteiger partial charge in [0.05, 0.1) is 6.26 Å². The fourth-order valence-electron chi connectivity index (χ4n) is 2.00. The van der Waals surface area contributed by atoms with Crippen molar-refractivity contribution >= 4 is 0 Å². The quantitative estimate of drug-likeness (QED) is 0.869. The average molecular weight is 229 g/mol. The van der Waals surface area contributed by atoms with Gasteiger partial charge in [0.2, 0.25) is 0 Å². The summed E-state index contributed by atoms with van der Waals surface area (Å²) in [4.78, 5) is 0. The molecule has 0 fully saturated rings. The van der Waals surface area contributed by atoms with Crippen LogP contribution in [0.5, 0.6) is 0 Å². The monoisotopic (exact) mass is 229 g/mol. The van der Waals surface area contributed by atoms with E-state index in [1.54, 1.807) is 6.26 Å². The molecule has 17 heavy (non-hydrogen) atoms. The van der Waals surface area contributed by atoms with Gasteiger partial charge >= 0.3 is 0 Å². The molecule has 0 saturated carbocycles. The SMILES string of the molecule is CNC(Cc1ccco1)c1ccc(C)c(C)c1. The first-order valence-electron chi connectivity index (χ1n) is 5.97. The molecule has 0 spiro atoms. The van der Waals surface area contributed by atoms with Crippen molar-refractivity contribution in [2.24, 2.45) is 0 Å². The van der Waals surface area contributed by atoms with Crippen LogP contribution in [-0.2, 0) is 6.42 Å². The lowest BCUT2D eigenvalue weighted by molar-refractivity contribution is 0.466. The molecule has 0 bridgehead atoms. The molecule has 0 radical (unpaired) electrons. The van der Waals surface area contributed by atoms with Crippen LogP contribution in [0.3, 0.4) is 0 Å². The Morgan fingerprint density at radius 2 is 2.00 bits per heavy atom. The van der Waals surface area contributed by atoms with E-state index >= 15 is 0 Å². The first-order valence-corrected chi connectivity index (χ1v) is 5.97. The second-order valence-corrected chi connectivity index (χ2v) is 4.47. The van der Waals surface area contributed by atoms with Crippen molar-refractivity contribution in [1.29, 1.82) is 0 Å². The molecule has 1 N–H and O–H groups in total. The summed E-state index contributed by atoms with van der Waals surface area (Å²) in [5.74, 6) is 1.02. The van der Waals surface area contributed by atoms with Crippen LogP contribution in [0.15, 0.2) is 41.0 Å². The van der Waals surface area contributed by atoms with Crippen LogP contribution in [0, 0.1) is 13.8 Å². The Morgan fingerprint density at radius 1 is 1.18 bits per heavy atom. The van der Waals surface area contributed by atoms with E-state index in [4.69, 9.17) is 4.42 Å². The van der Waals surface area contributed by atoms with Gasteiger partial charge in [0, 0.05) is 12.5 Å². The number of aryl methyl sites for hydroxylation is 2. The Kier molecular flexibility index (Phi) is 3.64. The molecule has 2 rings (SSSR count). The highest BCUT2D eigenvalue weighted by molar-refractivity contribution is 5.32. The molecule has 2 aromatic rings. The Labute approximate surface area is 103 Å². The maximum absolute atomic E-state index is 5.40. The van der Waals surface area contributed by atoms with Crippen molar-refractivity contribution in [3.05, 3.63) is 59.0 Å². The summed E-state index contributed by atoms with van der Waals surface area (Å²) < 4.78 is 5.40. The molecule has 1 aromatic carbocycles. The van der Waals surface area contributed by atoms with Crippen molar-refractivity contribution in [3.63, 3.8) is 0 Å². The normalized spacial score (nSPS) is 12.6. The standard InChI is InChI=1S/C15H19NO/c1-11-6-7-13(9-12(11)2)15(16-3)10-14-5-4-8-17-14/h4-9,15-16H,10H2,1-3H3. The highest BCUT2D eigenvalue weighted by atomic mass is 16.3. The van der Waals surface area contributed by atoms with E-state index in [1.807, 2.05) is 19.2 Å². The van der Waals surface area contributed by atoms with Gasteiger partial charge < -0.3 is 9.73 Å². The fourth-order valence-corrected chi connectivity index (χ4v) is 2.00. The zero-order valence-corrected chi connectivity index (χ0v) is 10.7. The molecule has 0 saturated heterocycles. The van der Waals surface area contributed by atoms with E-state index in [2.05, 4.69) is 37.4 Å². The van der Waals surface area contributed by atoms with Crippen LogP contribution in [-0.4, -0.2) is 7.05 Å². The van der Waals surface area contributed by atoms with Crippen molar-refractivity contribution in [2.75, 3.05) is 7.05 Å². The smallest absolute Gasteiger partial charge is 0.105 e. The molecule has 0 aliphatic carbocycles. The van der Waals surface area contributed by atoms with Gasteiger partial charge in [0.15, 0.2) is 0 Å². The third kappa shape index (κ3) is 2.77. The van der Waals surface area contributed by atoms with Gasteiger partial charge in [-0.05, 0) is 49.7 Å². The molecule has 0 aliphatic rings. The third-order valence-electron chi connectivity index (χ3n) is 3.27. The van der Waals surface area contributed by atoms with Crippen LogP contribution in [0.25, 0.3) is 0 Å². The molecule has 2 heteroatoms. The fraction of sp³-hybridized carbons (Fsp3) is 0.333. The summed E-state index contributed by atoms with van der Waals surface area (Å²) in [6.07, 6.45) is 2.61. The van der Waals surface area contributed by atoms with Crippen LogP contribution < -0.4 is 5.32 Å². The van der Waals surface area contributed by atoms with Crippen molar-refractivity contribution in [1.82, 2.24) is 5.32 Å². The zero-order valence-electron chi connectivity index (χ0n) is 10.7. The van der Waals surface area contributed by atoms with Gasteiger partial charge in [-0.2, -0.15) is 0 Å². The van der Waals surface area contributed by atoms with Crippen LogP contribution in [0.2, 0.25) is 0 Å². The molecule has 1 aromatic heterocycles. The predicted octanol–water partition coefficient (Wildman–Crippen LogP) is 3.40. The van der Waals surface area contributed by atoms with Crippen LogP contribution >= 0.6 is 0 Å². The van der Waals surface area contributed by atoms with Crippen molar-refractivity contribution in [3.8, 4) is 0 Å². The Hall–Kier alpha value is -1.54. The topological polar surface area (TPSA) is 25.2 Å². The minimum absolute atomic E-state index is 0.306. The molecule has 2 nitrogen and oxygen atoms in total. The Bertz CT molecular complexity index is 474. The summed E-state index contributed by atoms with van der Waals surface area (Å²) >= 11 is 0. The summed E-state index contributed by atoms with van der Waals surface area (Å²) in [5, 5.41) is 3.34. The number of likely N-dealkylation sites (N-methyl/N-ethyl adjacent to an activating group) is 1. The summed E-state index contributed by atoms with van der Waals surface area (Å²) in [7, 11) is 1.99. The van der Waals surface area contributed by atoms with E-state index in [0.717, 1.165) is 12.2 Å². The van der Waals surface area contributed by atoms with Gasteiger partial charge in [0.1, 0.15) is 5.76 Å². The number of rotatable bonds is 4. The Balaban J connectivity index is 2.20. The minimum Gasteiger partial charge on any atom is -0.469 e. The average Bonchev–Trinajstić information content (AvgIpc) is 2.82. The maximum atomic E-state index is 5.40. The lowest BCUT2D eigenvalue weighted by atomic mass is 9.98. The molecule has 1 heterocycles. The summed E-state index contributed by atoms with van der Waals surface area (Å²) in [6.45, 7) is 4.29. The predicted molar refractivity (Wildman–Crippen MR) is 70.1 cm³/mol. The van der Waals surface area contributed by atoms with Gasteiger partial charge in [-0.15, -0.1) is 0 Å². The molecular formula is C15H19NO. The van der Waals surface area contributed by atoms with Crippen LogP contribution in [0.1, 0.15) is 28.5 Å². The van der Waals surface area contributed by atoms with Crippen molar-refractivity contribution < 1.29 is 4.42 Å². The lowest BCUT2D eigenvalue weighted by Gasteiger charge is -2.16. The largest absolute Gasteiger partial charge is 0.469 e. The number of hydrogen-bond acceptors (Lipinski definition) is 2. The van der Waals surface area contributed by atoms with E-state index in [1.165, 1.54) is 16.7 Å². The number of benzene rings is 1. The van der Waals surface area contributed by atoms with Crippen molar-refractivity contribution in [2.45, 2.75) is 26.3 Å². The molecule has 1 atom stereocenters. The zero-order chi connectivity index (χ0) is 12.3. The maximum Gasteiger partial charge on any atom is 0.105 e. The number of furan rings is 1. The molecule has 1 unspecified atom stereocenters. The lowest BCUT2D eigenvalue weighted by Crippen LogP contribution is -2.18. The molecular weight excluding hydrogens is 210 g/mol. The van der Waals surface area contributed by atoms with E-state index in [9.17, 15) is 0 Å². The number of nitrogens with one attached hydrogen (secondary N) is 1. The van der Waals surface area contributed by atoms with Gasteiger partial charge in [0.25, 0.3) is 0 Å². The second-order valence-electron chi connectivity index (χ2n) is 4.47. The molecule has 0 aliphatic heterocycles. The third-order valence-corrected chi connectivity index (χ3v) is 3.27. The van der Waals surface area contributed by atoms with E-state index in [0.29, 0.717) is 6.04 Å². The van der Waals surface area contributed by atoms with Gasteiger partial charge in [-0.25, -0.2) is 0 Å². The highest BCUT2D eigenvalue weighted by Gasteiger charge is 2.12. The molecule has 0 amide bonds. The first kappa shape index (κ1) is 11.9. The van der Waals surface area contributed by atoms with Gasteiger partial charge in [-0.3, -0.25) is 0 Å². The van der Waals surface area contributed by atoms with Gasteiger partial charge in [-0.1, -0.05) is 18.2 Å². The first-order chi connectivity index (χ1) is 8.20. The summed E-state index contributed by atoms with van der Waals surface area (Å²) in [5.41, 5.74) is 3.98. The number of hydrogen-bond donors (Lipinski definition) is 1. The highest BCUT2D eigenvalue weighted by Crippen LogP contribution is 2.20. The minimum atomic E-state index is 0.306. The van der Waals surface area contributed by atoms with E-state index < -0.39 is 0 Å². The summed E-state index contributed by atoms with van der Waals surface area (Å²) in [6, 6.07) is 10.9. The van der Waals surface area contributed by atoms with Crippen LogP contribution in [0.4, 0.5) is 0 Å². The van der Waals surface area contributed by atoms with E-state index in [-0.39, 0.29) is 0 Å². The second kappa shape index (κ2) is 5.19. The Morgan fingerprint density at radius 3 is 2.59 bits per heavy atom. The molecule has 90 valence electrons.